The fraction of sp³-hybridized carbons (Fsp3) is 0.500. The second kappa shape index (κ2) is 8.64. The standard InChI is InChI=1S/C26H32FN3O7/c1-25(2,3)29-9-12-14(27)8-11-6-10-7-13-18(30(4)5)21(33)17(24(28)36)23(35)26(13,37)22(34)16(10)20(32)15(11)19(12)31/h8,10,13,18,29,31,33-34,37H,6-7,9H2,1-5H3,(H2,28,36)/t10-,13-,18-,26-/m0/s1. The molecule has 0 saturated carbocycles. The van der Waals surface area contributed by atoms with Gasteiger partial charge in [-0.05, 0) is 65.3 Å². The zero-order chi connectivity index (χ0) is 27.8. The quantitative estimate of drug-likeness (QED) is 0.320. The molecule has 1 aromatic rings. The highest BCUT2D eigenvalue weighted by molar-refractivity contribution is 6.24. The Morgan fingerprint density at radius 2 is 1.86 bits per heavy atom. The average molecular weight is 518 g/mol. The number of nitrogens with one attached hydrogen (secondary N) is 1. The predicted octanol–water partition coefficient (Wildman–Crippen LogP) is 1.15. The summed E-state index contributed by atoms with van der Waals surface area (Å²) >= 11 is 0. The van der Waals surface area contributed by atoms with E-state index in [1.54, 1.807) is 14.1 Å². The number of carbonyl (C=O) groups is 3. The molecule has 7 N–H and O–H groups in total. The minimum Gasteiger partial charge on any atom is -0.510 e. The largest absolute Gasteiger partial charge is 0.510 e. The number of aromatic hydroxyl groups is 1. The lowest BCUT2D eigenvalue weighted by Gasteiger charge is -2.50. The van der Waals surface area contributed by atoms with E-state index in [1.165, 1.54) is 11.0 Å². The third kappa shape index (κ3) is 3.92. The maximum Gasteiger partial charge on any atom is 0.255 e. The summed E-state index contributed by atoms with van der Waals surface area (Å²) in [6.45, 7) is 5.49. The van der Waals surface area contributed by atoms with E-state index in [9.17, 15) is 34.8 Å². The Morgan fingerprint density at radius 3 is 2.41 bits per heavy atom. The van der Waals surface area contributed by atoms with Crippen LogP contribution in [-0.2, 0) is 22.6 Å². The number of aliphatic hydroxyl groups is 3. The van der Waals surface area contributed by atoms with Crippen LogP contribution in [0, 0.1) is 17.7 Å². The highest BCUT2D eigenvalue weighted by Crippen LogP contribution is 2.52. The van der Waals surface area contributed by atoms with Gasteiger partial charge in [-0.15, -0.1) is 0 Å². The topological polar surface area (TPSA) is 173 Å². The number of rotatable bonds is 4. The van der Waals surface area contributed by atoms with Crippen LogP contribution in [-0.4, -0.2) is 74.1 Å². The third-order valence-electron chi connectivity index (χ3n) is 7.56. The van der Waals surface area contributed by atoms with E-state index >= 15 is 4.39 Å². The van der Waals surface area contributed by atoms with Crippen LogP contribution >= 0.6 is 0 Å². The van der Waals surface area contributed by atoms with Crippen molar-refractivity contribution in [2.75, 3.05) is 14.1 Å². The smallest absolute Gasteiger partial charge is 0.255 e. The first kappa shape index (κ1) is 26.8. The highest BCUT2D eigenvalue weighted by atomic mass is 19.1. The van der Waals surface area contributed by atoms with Gasteiger partial charge in [0.25, 0.3) is 5.91 Å². The molecule has 11 heteroatoms. The Hall–Kier alpha value is -3.28. The zero-order valence-corrected chi connectivity index (χ0v) is 21.3. The van der Waals surface area contributed by atoms with Crippen molar-refractivity contribution < 1.29 is 39.2 Å². The Balaban J connectivity index is 1.89. The van der Waals surface area contributed by atoms with Gasteiger partial charge in [-0.1, -0.05) is 0 Å². The molecule has 1 aromatic carbocycles. The van der Waals surface area contributed by atoms with E-state index in [1.807, 2.05) is 20.8 Å². The Labute approximate surface area is 213 Å². The van der Waals surface area contributed by atoms with Gasteiger partial charge in [0.15, 0.2) is 11.4 Å². The fourth-order valence-corrected chi connectivity index (χ4v) is 5.83. The molecule has 0 bridgehead atoms. The molecular formula is C26H32FN3O7. The maximum atomic E-state index is 15.0. The van der Waals surface area contributed by atoms with Crippen LogP contribution < -0.4 is 11.1 Å². The Morgan fingerprint density at radius 1 is 1.24 bits per heavy atom. The molecular weight excluding hydrogens is 485 g/mol. The number of likely N-dealkylation sites (N-methyl/N-ethyl adjacent to an activating group) is 1. The molecule has 0 heterocycles. The molecule has 3 aliphatic carbocycles. The molecule has 4 atom stereocenters. The van der Waals surface area contributed by atoms with Crippen LogP contribution in [0.25, 0.3) is 0 Å². The molecule has 0 spiro atoms. The fourth-order valence-electron chi connectivity index (χ4n) is 5.83. The van der Waals surface area contributed by atoms with E-state index in [2.05, 4.69) is 5.32 Å². The van der Waals surface area contributed by atoms with Crippen molar-refractivity contribution in [2.45, 2.75) is 57.3 Å². The second-order valence-electron chi connectivity index (χ2n) is 11.3. The summed E-state index contributed by atoms with van der Waals surface area (Å²) in [5, 5.41) is 47.6. The highest BCUT2D eigenvalue weighted by Gasteiger charge is 2.63. The molecule has 37 heavy (non-hydrogen) atoms. The molecule has 0 unspecified atom stereocenters. The number of halogens is 1. The lowest BCUT2D eigenvalue weighted by molar-refractivity contribution is -0.148. The number of allylic oxidation sites excluding steroid dienone is 1. The molecule has 0 fully saturated rings. The van der Waals surface area contributed by atoms with Gasteiger partial charge in [0.1, 0.15) is 28.7 Å². The van der Waals surface area contributed by atoms with Gasteiger partial charge in [-0.25, -0.2) is 4.39 Å². The van der Waals surface area contributed by atoms with Crippen molar-refractivity contribution in [1.82, 2.24) is 10.2 Å². The molecule has 0 saturated heterocycles. The molecule has 10 nitrogen and oxygen atoms in total. The van der Waals surface area contributed by atoms with Crippen LogP contribution in [0.2, 0.25) is 0 Å². The van der Waals surface area contributed by atoms with E-state index in [0.29, 0.717) is 0 Å². The van der Waals surface area contributed by atoms with E-state index in [0.717, 1.165) is 0 Å². The van der Waals surface area contributed by atoms with Crippen molar-refractivity contribution in [3.05, 3.63) is 51.2 Å². The number of phenols is 1. The second-order valence-corrected chi connectivity index (χ2v) is 11.3. The molecule has 4 rings (SSSR count). The summed E-state index contributed by atoms with van der Waals surface area (Å²) in [6, 6.07) is 0.0978. The predicted molar refractivity (Wildman–Crippen MR) is 130 cm³/mol. The van der Waals surface area contributed by atoms with Crippen LogP contribution in [0.3, 0.4) is 0 Å². The first-order valence-electron chi connectivity index (χ1n) is 11.9. The number of phenolic OH excluding ortho intramolecular Hbond substituents is 1. The average Bonchev–Trinajstić information content (AvgIpc) is 2.74. The molecule has 0 radical (unpaired) electrons. The lowest BCUT2D eigenvalue weighted by Crippen LogP contribution is -2.63. The number of fused-ring (bicyclic) bond motifs is 3. The van der Waals surface area contributed by atoms with Gasteiger partial charge in [-0.3, -0.25) is 19.3 Å². The monoisotopic (exact) mass is 517 g/mol. The summed E-state index contributed by atoms with van der Waals surface area (Å²) in [5.74, 6) is -8.20. The number of nitrogens with two attached hydrogens (primary N) is 1. The number of nitrogens with zero attached hydrogens (tertiary/aromatic N) is 1. The van der Waals surface area contributed by atoms with Crippen molar-refractivity contribution in [3.8, 4) is 5.75 Å². The van der Waals surface area contributed by atoms with E-state index in [-0.39, 0.29) is 41.6 Å². The van der Waals surface area contributed by atoms with Gasteiger partial charge in [0, 0.05) is 29.1 Å². The van der Waals surface area contributed by atoms with Gasteiger partial charge in [0.05, 0.1) is 11.6 Å². The number of benzene rings is 1. The normalized spacial score (nSPS) is 27.8. The molecule has 0 aromatic heterocycles. The van der Waals surface area contributed by atoms with Gasteiger partial charge >= 0.3 is 0 Å². The number of amides is 1. The van der Waals surface area contributed by atoms with Gasteiger partial charge in [-0.2, -0.15) is 0 Å². The van der Waals surface area contributed by atoms with Crippen LogP contribution in [0.5, 0.6) is 5.75 Å². The molecule has 200 valence electrons. The summed E-state index contributed by atoms with van der Waals surface area (Å²) in [7, 11) is 3.10. The van der Waals surface area contributed by atoms with Crippen molar-refractivity contribution in [1.29, 1.82) is 0 Å². The first-order valence-corrected chi connectivity index (χ1v) is 11.9. The summed E-state index contributed by atoms with van der Waals surface area (Å²) in [5.41, 5.74) is 0.942. The van der Waals surface area contributed by atoms with Crippen molar-refractivity contribution in [2.24, 2.45) is 17.6 Å². The number of hydrogen-bond donors (Lipinski definition) is 6. The Bertz CT molecular complexity index is 1290. The van der Waals surface area contributed by atoms with Crippen LogP contribution in [0.4, 0.5) is 4.39 Å². The maximum absolute atomic E-state index is 15.0. The SMILES string of the molecule is CN(C)[C@@H]1C(O)=C(C(N)=O)C(=O)[C@@]2(O)C(O)=C3C(=O)c4c(cc(F)c(CNC(C)(C)C)c4O)C[C@H]3C[C@@H]12. The van der Waals surface area contributed by atoms with E-state index < -0.39 is 75.1 Å². The molecule has 3 aliphatic rings. The van der Waals surface area contributed by atoms with Crippen molar-refractivity contribution in [3.63, 3.8) is 0 Å². The van der Waals surface area contributed by atoms with Crippen LogP contribution in [0.1, 0.15) is 48.7 Å². The van der Waals surface area contributed by atoms with Gasteiger partial charge < -0.3 is 31.5 Å². The Kier molecular flexibility index (Phi) is 6.25. The lowest BCUT2D eigenvalue weighted by atomic mass is 9.58. The summed E-state index contributed by atoms with van der Waals surface area (Å²) in [6.07, 6.45) is -0.0204. The zero-order valence-electron chi connectivity index (χ0n) is 21.3. The number of hydrogen-bond acceptors (Lipinski definition) is 9. The number of Topliss-reactive ketones (excluding diaryl/α,β-unsaturated/α-hetero) is 2. The number of aliphatic hydroxyl groups excluding tert-OH is 2. The van der Waals surface area contributed by atoms with Crippen molar-refractivity contribution >= 4 is 17.5 Å². The molecule has 0 aliphatic heterocycles. The van der Waals surface area contributed by atoms with E-state index in [4.69, 9.17) is 5.73 Å². The number of ketones is 2. The first-order chi connectivity index (χ1) is 17.0. The minimum atomic E-state index is -2.71. The summed E-state index contributed by atoms with van der Waals surface area (Å²) < 4.78 is 15.0. The summed E-state index contributed by atoms with van der Waals surface area (Å²) in [4.78, 5) is 40.5. The van der Waals surface area contributed by atoms with Crippen LogP contribution in [0.15, 0.2) is 28.7 Å². The number of primary amides is 1. The third-order valence-corrected chi connectivity index (χ3v) is 7.56. The molecule has 1 amide bonds. The number of carbonyl (C=O) groups excluding carboxylic acids is 3. The minimum absolute atomic E-state index is 0.0337. The van der Waals surface area contributed by atoms with Gasteiger partial charge in [0.2, 0.25) is 5.78 Å².